The van der Waals surface area contributed by atoms with Crippen molar-refractivity contribution in [1.29, 1.82) is 0 Å². The van der Waals surface area contributed by atoms with Gasteiger partial charge in [0.05, 0.1) is 4.90 Å². The van der Waals surface area contributed by atoms with Crippen molar-refractivity contribution in [2.24, 2.45) is 5.73 Å². The van der Waals surface area contributed by atoms with E-state index in [2.05, 4.69) is 9.62 Å². The van der Waals surface area contributed by atoms with Crippen molar-refractivity contribution in [3.63, 3.8) is 0 Å². The zero-order valence-corrected chi connectivity index (χ0v) is 11.9. The predicted octanol–water partition coefficient (Wildman–Crippen LogP) is 0.768. The lowest BCUT2D eigenvalue weighted by Gasteiger charge is -2.20. The molecule has 18 heavy (non-hydrogen) atoms. The Bertz CT molecular complexity index is 469. The smallest absolute Gasteiger partial charge is 0.240 e. The molecule has 0 saturated carbocycles. The van der Waals surface area contributed by atoms with E-state index in [1.807, 2.05) is 14.0 Å². The number of rotatable bonds is 6. The number of anilines is 1. The van der Waals surface area contributed by atoms with E-state index in [1.165, 1.54) is 7.05 Å². The fraction of sp³-hybridized carbons (Fsp3) is 0.500. The van der Waals surface area contributed by atoms with Crippen molar-refractivity contribution in [1.82, 2.24) is 4.72 Å². The van der Waals surface area contributed by atoms with Gasteiger partial charge in [-0.1, -0.05) is 0 Å². The van der Waals surface area contributed by atoms with Crippen molar-refractivity contribution in [3.8, 4) is 0 Å². The van der Waals surface area contributed by atoms with Crippen molar-refractivity contribution >= 4 is 15.7 Å². The Balaban J connectivity index is 2.77. The Morgan fingerprint density at radius 2 is 1.89 bits per heavy atom. The summed E-state index contributed by atoms with van der Waals surface area (Å²) in [5.74, 6) is 0. The molecular weight excluding hydrogens is 250 g/mol. The number of hydrogen-bond acceptors (Lipinski definition) is 4. The van der Waals surface area contributed by atoms with Crippen molar-refractivity contribution in [3.05, 3.63) is 24.3 Å². The van der Waals surface area contributed by atoms with Gasteiger partial charge in [-0.05, 0) is 44.7 Å². The summed E-state index contributed by atoms with van der Waals surface area (Å²) in [5, 5.41) is 0. The molecule has 6 heteroatoms. The third-order valence-corrected chi connectivity index (χ3v) is 4.21. The maximum atomic E-state index is 11.6. The quantitative estimate of drug-likeness (QED) is 0.801. The van der Waals surface area contributed by atoms with E-state index in [9.17, 15) is 8.42 Å². The molecule has 1 atom stereocenters. The summed E-state index contributed by atoms with van der Waals surface area (Å²) in [6.45, 7) is 2.81. The fourth-order valence-electron chi connectivity index (χ4n) is 1.52. The molecule has 0 spiro atoms. The molecule has 102 valence electrons. The normalized spacial score (nSPS) is 13.3. The van der Waals surface area contributed by atoms with Crippen LogP contribution in [0.2, 0.25) is 0 Å². The molecule has 0 aliphatic rings. The van der Waals surface area contributed by atoms with Crippen molar-refractivity contribution < 1.29 is 8.42 Å². The minimum Gasteiger partial charge on any atom is -0.375 e. The SMILES string of the molecule is CNS(=O)(=O)c1ccc(N(C)CCC(C)N)cc1. The van der Waals surface area contributed by atoms with Gasteiger partial charge in [0.2, 0.25) is 10.0 Å². The second-order valence-electron chi connectivity index (χ2n) is 4.39. The standard InChI is InChI=1S/C12H21N3O2S/c1-10(13)8-9-15(3)11-4-6-12(7-5-11)18(16,17)14-2/h4-7,10,14H,8-9,13H2,1-3H3. The molecule has 1 rings (SSSR count). The molecule has 1 aromatic carbocycles. The maximum absolute atomic E-state index is 11.6. The number of nitrogens with one attached hydrogen (secondary N) is 1. The van der Waals surface area contributed by atoms with Gasteiger partial charge in [-0.15, -0.1) is 0 Å². The van der Waals surface area contributed by atoms with Crippen LogP contribution in [0, 0.1) is 0 Å². The summed E-state index contributed by atoms with van der Waals surface area (Å²) in [6, 6.07) is 6.96. The Hall–Kier alpha value is -1.11. The molecule has 0 aliphatic carbocycles. The van der Waals surface area contributed by atoms with Gasteiger partial charge < -0.3 is 10.6 Å². The molecule has 3 N–H and O–H groups in total. The van der Waals surface area contributed by atoms with Gasteiger partial charge in [-0.25, -0.2) is 13.1 Å². The Morgan fingerprint density at radius 1 is 1.33 bits per heavy atom. The second kappa shape index (κ2) is 6.17. The lowest BCUT2D eigenvalue weighted by molar-refractivity contribution is 0.588. The Morgan fingerprint density at radius 3 is 2.33 bits per heavy atom. The summed E-state index contributed by atoms with van der Waals surface area (Å²) in [4.78, 5) is 2.33. The molecule has 0 heterocycles. The summed E-state index contributed by atoms with van der Waals surface area (Å²) in [5.41, 5.74) is 6.68. The minimum atomic E-state index is -3.35. The van der Waals surface area contributed by atoms with E-state index in [4.69, 9.17) is 5.73 Å². The highest BCUT2D eigenvalue weighted by Gasteiger charge is 2.11. The van der Waals surface area contributed by atoms with Crippen molar-refractivity contribution in [2.75, 3.05) is 25.5 Å². The lowest BCUT2D eigenvalue weighted by Crippen LogP contribution is -2.25. The molecule has 5 nitrogen and oxygen atoms in total. The number of hydrogen-bond donors (Lipinski definition) is 2. The number of benzene rings is 1. The van der Waals surface area contributed by atoms with E-state index < -0.39 is 10.0 Å². The number of nitrogens with two attached hydrogens (primary N) is 1. The highest BCUT2D eigenvalue weighted by Crippen LogP contribution is 2.17. The van der Waals surface area contributed by atoms with Gasteiger partial charge in [0, 0.05) is 25.3 Å². The molecule has 0 amide bonds. The average molecular weight is 271 g/mol. The first-order valence-corrected chi connectivity index (χ1v) is 7.35. The third-order valence-electron chi connectivity index (χ3n) is 2.78. The summed E-state index contributed by atoms with van der Waals surface area (Å²) in [7, 11) is 0.00817. The minimum absolute atomic E-state index is 0.163. The fourth-order valence-corrected chi connectivity index (χ4v) is 2.25. The van der Waals surface area contributed by atoms with Crippen LogP contribution in [-0.2, 0) is 10.0 Å². The average Bonchev–Trinajstić information content (AvgIpc) is 2.36. The Labute approximate surface area is 109 Å². The van der Waals surface area contributed by atoms with Crippen LogP contribution in [0.15, 0.2) is 29.2 Å². The van der Waals surface area contributed by atoms with Crippen LogP contribution >= 0.6 is 0 Å². The molecule has 0 bridgehead atoms. The van der Waals surface area contributed by atoms with E-state index in [0.717, 1.165) is 18.7 Å². The number of sulfonamides is 1. The molecule has 0 fully saturated rings. The molecule has 1 unspecified atom stereocenters. The summed E-state index contributed by atoms with van der Waals surface area (Å²) < 4.78 is 25.4. The molecule has 1 aromatic rings. The van der Waals surface area contributed by atoms with Crippen LogP contribution in [-0.4, -0.2) is 35.1 Å². The van der Waals surface area contributed by atoms with Gasteiger partial charge in [0.15, 0.2) is 0 Å². The van der Waals surface area contributed by atoms with E-state index in [1.54, 1.807) is 24.3 Å². The van der Waals surface area contributed by atoms with E-state index in [-0.39, 0.29) is 10.9 Å². The van der Waals surface area contributed by atoms with Crippen LogP contribution in [0.3, 0.4) is 0 Å². The lowest BCUT2D eigenvalue weighted by atomic mass is 10.2. The highest BCUT2D eigenvalue weighted by molar-refractivity contribution is 7.89. The van der Waals surface area contributed by atoms with Gasteiger partial charge >= 0.3 is 0 Å². The molecular formula is C12H21N3O2S. The van der Waals surface area contributed by atoms with Gasteiger partial charge in [-0.2, -0.15) is 0 Å². The van der Waals surface area contributed by atoms with E-state index >= 15 is 0 Å². The predicted molar refractivity (Wildman–Crippen MR) is 74.2 cm³/mol. The second-order valence-corrected chi connectivity index (χ2v) is 6.28. The molecule has 0 aromatic heterocycles. The van der Waals surface area contributed by atoms with Gasteiger partial charge in [-0.3, -0.25) is 0 Å². The summed E-state index contributed by atoms with van der Waals surface area (Å²) >= 11 is 0. The zero-order chi connectivity index (χ0) is 13.8. The van der Waals surface area contributed by atoms with Crippen LogP contribution in [0.5, 0.6) is 0 Å². The third kappa shape index (κ3) is 3.97. The van der Waals surface area contributed by atoms with Crippen LogP contribution in [0.25, 0.3) is 0 Å². The highest BCUT2D eigenvalue weighted by atomic mass is 32.2. The first-order valence-electron chi connectivity index (χ1n) is 5.87. The van der Waals surface area contributed by atoms with Gasteiger partial charge in [0.1, 0.15) is 0 Å². The summed E-state index contributed by atoms with van der Waals surface area (Å²) in [6.07, 6.45) is 0.896. The van der Waals surface area contributed by atoms with Crippen LogP contribution < -0.4 is 15.4 Å². The number of nitrogens with zero attached hydrogens (tertiary/aromatic N) is 1. The monoisotopic (exact) mass is 271 g/mol. The van der Waals surface area contributed by atoms with E-state index in [0.29, 0.717) is 0 Å². The molecule has 0 saturated heterocycles. The zero-order valence-electron chi connectivity index (χ0n) is 11.1. The topological polar surface area (TPSA) is 75.4 Å². The van der Waals surface area contributed by atoms with Gasteiger partial charge in [0.25, 0.3) is 0 Å². The Kier molecular flexibility index (Phi) is 5.13. The largest absolute Gasteiger partial charge is 0.375 e. The molecule has 0 radical (unpaired) electrons. The van der Waals surface area contributed by atoms with Crippen molar-refractivity contribution in [2.45, 2.75) is 24.3 Å². The maximum Gasteiger partial charge on any atom is 0.240 e. The first-order chi connectivity index (χ1) is 8.36. The van der Waals surface area contributed by atoms with Crippen LogP contribution in [0.1, 0.15) is 13.3 Å². The molecule has 0 aliphatic heterocycles. The first kappa shape index (κ1) is 14.9. The van der Waals surface area contributed by atoms with Crippen LogP contribution in [0.4, 0.5) is 5.69 Å².